The number of ether oxygens (including phenoxy) is 6. The van der Waals surface area contributed by atoms with E-state index in [-0.39, 0.29) is 38.2 Å². The molecule has 2 amide bonds. The van der Waals surface area contributed by atoms with E-state index < -0.39 is 0 Å². The maximum absolute atomic E-state index is 14.3. The molecule has 10 aromatic rings. The number of aryl methyl sites for hydroxylation is 2. The summed E-state index contributed by atoms with van der Waals surface area (Å²) in [7, 11) is 6.83. The van der Waals surface area contributed by atoms with E-state index in [4.69, 9.17) is 38.4 Å². The maximum Gasteiger partial charge on any atom is 0.257 e. The minimum Gasteiger partial charge on any atom is -0.490 e. The number of fused-ring (bicyclic) bond motifs is 2. The van der Waals surface area contributed by atoms with E-state index in [2.05, 4.69) is 19.9 Å². The molecule has 426 valence electrons. The highest BCUT2D eigenvalue weighted by molar-refractivity contribution is 6.16. The Morgan fingerprint density at radius 1 is 0.393 bits per heavy atom. The van der Waals surface area contributed by atoms with Crippen LogP contribution in [0.5, 0.6) is 11.5 Å². The molecule has 0 aliphatic heterocycles. The number of benzene rings is 4. The van der Waals surface area contributed by atoms with Gasteiger partial charge < -0.3 is 38.2 Å². The molecule has 10 rings (SSSR count). The highest BCUT2D eigenvalue weighted by Gasteiger charge is 2.29. The van der Waals surface area contributed by atoms with Crippen LogP contribution in [-0.4, -0.2) is 133 Å². The fourth-order valence-electron chi connectivity index (χ4n) is 9.59. The quantitative estimate of drug-likeness (QED) is 0.0495. The highest BCUT2D eigenvalue weighted by Crippen LogP contribution is 2.49. The largest absolute Gasteiger partial charge is 0.490 e. The van der Waals surface area contributed by atoms with Crippen molar-refractivity contribution >= 4 is 33.4 Å². The van der Waals surface area contributed by atoms with Crippen LogP contribution in [0.2, 0.25) is 0 Å². The van der Waals surface area contributed by atoms with Gasteiger partial charge in [0.2, 0.25) is 0 Å². The van der Waals surface area contributed by atoms with Gasteiger partial charge in [-0.3, -0.25) is 29.5 Å². The van der Waals surface area contributed by atoms with E-state index in [1.54, 1.807) is 53.0 Å². The number of pyridine rings is 6. The Hall–Kier alpha value is -9.32. The van der Waals surface area contributed by atoms with Gasteiger partial charge in [-0.05, 0) is 130 Å². The van der Waals surface area contributed by atoms with Crippen molar-refractivity contribution in [2.75, 3.05) is 81.0 Å². The van der Waals surface area contributed by atoms with Gasteiger partial charge in [-0.2, -0.15) is 0 Å². The molecule has 0 saturated carbocycles. The summed E-state index contributed by atoms with van der Waals surface area (Å²) in [6.45, 7) is 6.58. The number of hydrogen-bond acceptors (Lipinski definition) is 14. The first-order valence-electron chi connectivity index (χ1n) is 27.8. The summed E-state index contributed by atoms with van der Waals surface area (Å²) in [4.78, 5) is 59.5. The average Bonchev–Trinajstić information content (AvgIpc) is 2.14. The van der Waals surface area contributed by atoms with Crippen LogP contribution in [0.4, 0.5) is 0 Å². The zero-order valence-electron chi connectivity index (χ0n) is 48.1. The summed E-state index contributed by atoms with van der Waals surface area (Å²) in [5.41, 5.74) is 12.1. The molecular formula is C68H66N8O8. The summed E-state index contributed by atoms with van der Waals surface area (Å²) in [6.07, 6.45) is 7.16. The minimum absolute atomic E-state index is 0.0980. The third kappa shape index (κ3) is 14.1. The van der Waals surface area contributed by atoms with Crippen LogP contribution in [0, 0.1) is 13.8 Å². The van der Waals surface area contributed by atoms with Crippen molar-refractivity contribution in [1.82, 2.24) is 39.7 Å². The Labute approximate surface area is 489 Å². The zero-order valence-corrected chi connectivity index (χ0v) is 48.1. The topological polar surface area (TPSA) is 173 Å². The number of aromatic nitrogens is 6. The van der Waals surface area contributed by atoms with Crippen molar-refractivity contribution in [3.63, 3.8) is 0 Å². The van der Waals surface area contributed by atoms with Gasteiger partial charge in [0, 0.05) is 64.1 Å². The number of rotatable bonds is 25. The van der Waals surface area contributed by atoms with E-state index in [9.17, 15) is 9.59 Å². The third-order valence-electron chi connectivity index (χ3n) is 13.8. The molecule has 6 heterocycles. The zero-order chi connectivity index (χ0) is 58.4. The molecule has 0 fully saturated rings. The van der Waals surface area contributed by atoms with Crippen molar-refractivity contribution in [3.05, 3.63) is 204 Å². The van der Waals surface area contributed by atoms with Crippen molar-refractivity contribution in [3.8, 4) is 68.2 Å². The Kier molecular flexibility index (Phi) is 19.0. The lowest BCUT2D eigenvalue weighted by molar-refractivity contribution is 0.0300. The van der Waals surface area contributed by atoms with Gasteiger partial charge in [0.15, 0.2) is 0 Å². The van der Waals surface area contributed by atoms with Crippen LogP contribution >= 0.6 is 0 Å². The second-order valence-electron chi connectivity index (χ2n) is 20.5. The van der Waals surface area contributed by atoms with Gasteiger partial charge in [0.05, 0.1) is 110 Å². The molecule has 0 radical (unpaired) electrons. The van der Waals surface area contributed by atoms with Crippen LogP contribution in [0.25, 0.3) is 78.2 Å². The fourth-order valence-corrected chi connectivity index (χ4v) is 9.59. The van der Waals surface area contributed by atoms with Crippen molar-refractivity contribution < 1.29 is 38.0 Å². The molecule has 0 aliphatic rings. The summed E-state index contributed by atoms with van der Waals surface area (Å²) in [5, 5.41) is 3.21. The smallest absolute Gasteiger partial charge is 0.257 e. The van der Waals surface area contributed by atoms with Crippen LogP contribution in [0.15, 0.2) is 170 Å². The van der Waals surface area contributed by atoms with Crippen LogP contribution in [0.3, 0.4) is 0 Å². The molecule has 6 aromatic heterocycles. The first-order valence-corrected chi connectivity index (χ1v) is 27.8. The number of nitrogens with zero attached hydrogens (tertiary/aromatic N) is 8. The SMILES string of the molecule is Cc1ccnc(-c2cccc(-c3ccc(COCCOCCOc4c(C(=O)N(C)C)cc5ccccc5c4-c4c(OCCOCCOCc5ccc(-c6cccc(-c7cc(C)ccn7)n6)nc5)c(C(=O)N(C)C)cc5ccccc45)cn3)n2)c1. The lowest BCUT2D eigenvalue weighted by Gasteiger charge is -2.25. The number of carbonyl (C=O) groups excluding carboxylic acids is 2. The van der Waals surface area contributed by atoms with Gasteiger partial charge >= 0.3 is 0 Å². The normalized spacial score (nSPS) is 11.3. The molecule has 0 N–H and O–H groups in total. The first-order chi connectivity index (χ1) is 41.0. The number of carbonyl (C=O) groups is 2. The molecular weight excluding hydrogens is 1060 g/mol. The number of amides is 2. The van der Waals surface area contributed by atoms with Gasteiger partial charge in [-0.15, -0.1) is 0 Å². The molecule has 16 nitrogen and oxygen atoms in total. The van der Waals surface area contributed by atoms with E-state index in [0.717, 1.165) is 89.4 Å². The Morgan fingerprint density at radius 2 is 0.786 bits per heavy atom. The molecule has 0 aliphatic carbocycles. The molecule has 0 bridgehead atoms. The second-order valence-corrected chi connectivity index (χ2v) is 20.5. The van der Waals surface area contributed by atoms with E-state index >= 15 is 0 Å². The second kappa shape index (κ2) is 27.6. The highest BCUT2D eigenvalue weighted by atomic mass is 16.6. The van der Waals surface area contributed by atoms with E-state index in [0.29, 0.717) is 73.4 Å². The standard InChI is InChI=1S/C68H66N8O8/c1-45-25-27-69-61(37-45)59-19-11-17-57(73-59)55-23-21-47(41-71-55)43-81-31-29-79-33-35-83-65-53(67(77)75(3)4)39-49-13-7-9-15-51(49)63(65)64-52-16-10-8-14-50(52)40-54(68(78)76(5)6)66(64)84-36-34-80-30-32-82-44-48-22-24-56(72-42-48)58-18-12-20-60(74-58)62-38-46(2)26-28-70-62/h7-28,37-42H,29-36,43-44H2,1-6H3. The van der Waals surface area contributed by atoms with Crippen molar-refractivity contribution in [2.24, 2.45) is 0 Å². The van der Waals surface area contributed by atoms with E-state index in [1.807, 2.05) is 159 Å². The minimum atomic E-state index is -0.260. The van der Waals surface area contributed by atoms with Gasteiger partial charge in [-0.1, -0.05) is 72.8 Å². The Morgan fingerprint density at radius 3 is 1.18 bits per heavy atom. The summed E-state index contributed by atoms with van der Waals surface area (Å²) < 4.78 is 37.6. The summed E-state index contributed by atoms with van der Waals surface area (Å²) >= 11 is 0. The Bertz CT molecular complexity index is 3660. The average molecular weight is 1120 g/mol. The lowest BCUT2D eigenvalue weighted by Crippen LogP contribution is -2.24. The van der Waals surface area contributed by atoms with Gasteiger partial charge in [0.25, 0.3) is 11.8 Å². The molecule has 4 aromatic carbocycles. The molecule has 16 heteroatoms. The monoisotopic (exact) mass is 1120 g/mol. The maximum atomic E-state index is 14.3. The number of hydrogen-bond donors (Lipinski definition) is 0. The van der Waals surface area contributed by atoms with Crippen LogP contribution < -0.4 is 9.47 Å². The predicted molar refractivity (Wildman–Crippen MR) is 326 cm³/mol. The van der Waals surface area contributed by atoms with E-state index in [1.165, 1.54) is 9.80 Å². The third-order valence-corrected chi connectivity index (χ3v) is 13.8. The Balaban J connectivity index is 0.799. The van der Waals surface area contributed by atoms with Gasteiger partial charge in [-0.25, -0.2) is 9.97 Å². The fraction of sp³-hybridized carbons (Fsp3) is 0.235. The molecule has 0 spiro atoms. The summed E-state index contributed by atoms with van der Waals surface area (Å²) in [6, 6.07) is 46.8. The molecule has 0 unspecified atom stereocenters. The van der Waals surface area contributed by atoms with Crippen LogP contribution in [0.1, 0.15) is 43.0 Å². The predicted octanol–water partition coefficient (Wildman–Crippen LogP) is 11.9. The van der Waals surface area contributed by atoms with Crippen LogP contribution in [-0.2, 0) is 32.2 Å². The first kappa shape index (κ1) is 57.9. The summed E-state index contributed by atoms with van der Waals surface area (Å²) in [5.74, 6) is 0.149. The molecule has 84 heavy (non-hydrogen) atoms. The van der Waals surface area contributed by atoms with Crippen molar-refractivity contribution in [1.29, 1.82) is 0 Å². The molecule has 0 saturated heterocycles. The van der Waals surface area contributed by atoms with Crippen molar-refractivity contribution in [2.45, 2.75) is 27.1 Å². The van der Waals surface area contributed by atoms with Gasteiger partial charge in [0.1, 0.15) is 24.7 Å². The lowest BCUT2D eigenvalue weighted by atomic mass is 9.88. The molecule has 0 atom stereocenters.